The highest BCUT2D eigenvalue weighted by atomic mass is 35.5. The molecule has 0 spiro atoms. The summed E-state index contributed by atoms with van der Waals surface area (Å²) in [5.74, 6) is -1.27. The largest absolute Gasteiger partial charge is 0.478 e. The quantitative estimate of drug-likeness (QED) is 0.394. The van der Waals surface area contributed by atoms with Crippen LogP contribution in [0.4, 0.5) is 4.39 Å². The summed E-state index contributed by atoms with van der Waals surface area (Å²) in [6, 6.07) is 18.1. The molecule has 5 rings (SSSR count). The van der Waals surface area contributed by atoms with Gasteiger partial charge in [0.1, 0.15) is 17.1 Å². The molecule has 1 saturated heterocycles. The maximum absolute atomic E-state index is 14.1. The van der Waals surface area contributed by atoms with E-state index in [4.69, 9.17) is 4.74 Å². The molecule has 0 aliphatic carbocycles. The Morgan fingerprint density at radius 1 is 1.00 bits per heavy atom. The molecule has 0 saturated carbocycles. The number of aromatic nitrogens is 1. The molecule has 0 radical (unpaired) electrons. The van der Waals surface area contributed by atoms with Crippen LogP contribution in [-0.2, 0) is 0 Å². The van der Waals surface area contributed by atoms with Crippen molar-refractivity contribution >= 4 is 35.2 Å². The number of halogens is 2. The molecule has 1 aliphatic heterocycles. The molecule has 1 aromatic heterocycles. The van der Waals surface area contributed by atoms with Crippen LogP contribution >= 0.6 is 12.4 Å². The number of carbonyl (C=O) groups is 2. The summed E-state index contributed by atoms with van der Waals surface area (Å²) in [6.07, 6.45) is 0. The van der Waals surface area contributed by atoms with Crippen molar-refractivity contribution in [3.05, 3.63) is 89.2 Å². The van der Waals surface area contributed by atoms with E-state index >= 15 is 0 Å². The average Bonchev–Trinajstić information content (AvgIpc) is 3.19. The number of hydrogen-bond acceptors (Lipinski definition) is 4. The number of carboxylic acids is 1. The van der Waals surface area contributed by atoms with Gasteiger partial charge < -0.3 is 20.1 Å². The minimum Gasteiger partial charge on any atom is -0.478 e. The Kier molecular flexibility index (Phi) is 7.28. The van der Waals surface area contributed by atoms with Gasteiger partial charge in [-0.1, -0.05) is 30.3 Å². The molecule has 0 bridgehead atoms. The third-order valence-corrected chi connectivity index (χ3v) is 6.16. The van der Waals surface area contributed by atoms with E-state index in [0.29, 0.717) is 53.9 Å². The number of carbonyl (C=O) groups excluding carboxylic acids is 1. The molecule has 1 amide bonds. The van der Waals surface area contributed by atoms with Gasteiger partial charge in [-0.05, 0) is 42.8 Å². The van der Waals surface area contributed by atoms with Crippen molar-refractivity contribution in [2.75, 3.05) is 26.2 Å². The van der Waals surface area contributed by atoms with Gasteiger partial charge in [0.25, 0.3) is 5.91 Å². The highest BCUT2D eigenvalue weighted by Gasteiger charge is 2.30. The molecule has 4 aromatic rings. The number of amides is 1. The summed E-state index contributed by atoms with van der Waals surface area (Å²) in [5.41, 5.74) is 2.29. The van der Waals surface area contributed by atoms with Gasteiger partial charge in [0.15, 0.2) is 0 Å². The van der Waals surface area contributed by atoms with Crippen LogP contribution in [0.5, 0.6) is 11.6 Å². The van der Waals surface area contributed by atoms with Crippen molar-refractivity contribution < 1.29 is 23.8 Å². The lowest BCUT2D eigenvalue weighted by Crippen LogP contribution is -2.46. The highest BCUT2D eigenvalue weighted by molar-refractivity contribution is 6.11. The fourth-order valence-electron chi connectivity index (χ4n) is 4.35. The number of benzene rings is 3. The highest BCUT2D eigenvalue weighted by Crippen LogP contribution is 2.40. The fraction of sp³-hybridized carbons (Fsp3) is 0.185. The zero-order chi connectivity index (χ0) is 24.5. The topological polar surface area (TPSA) is 83.8 Å². The Labute approximate surface area is 213 Å². The third-order valence-electron chi connectivity index (χ3n) is 6.16. The number of nitrogens with one attached hydrogen (secondary N) is 1. The molecule has 186 valence electrons. The number of rotatable bonds is 5. The number of carboxylic acid groups (broad SMARTS) is 1. The molecule has 9 heteroatoms. The summed E-state index contributed by atoms with van der Waals surface area (Å²) in [4.78, 5) is 27.4. The molecular formula is C27H25ClFN3O4. The van der Waals surface area contributed by atoms with Gasteiger partial charge in [0.2, 0.25) is 5.88 Å². The normalized spacial score (nSPS) is 13.3. The van der Waals surface area contributed by atoms with E-state index in [1.807, 2.05) is 30.3 Å². The molecule has 1 aliphatic rings. The summed E-state index contributed by atoms with van der Waals surface area (Å²) in [6.45, 7) is 4.20. The van der Waals surface area contributed by atoms with E-state index in [9.17, 15) is 19.1 Å². The number of piperazine rings is 1. The first kappa shape index (κ1) is 25.2. The SMILES string of the molecule is Cc1ccc(F)cc1Oc1c(C(=O)N2CCNCC2)c2ccc(C(=O)O)cc2n1-c1ccccc1.Cl. The Hall–Kier alpha value is -3.88. The van der Waals surface area contributed by atoms with E-state index in [1.165, 1.54) is 24.3 Å². The summed E-state index contributed by atoms with van der Waals surface area (Å²) in [5, 5.41) is 13.4. The number of hydrogen-bond donors (Lipinski definition) is 2. The lowest BCUT2D eigenvalue weighted by atomic mass is 10.1. The molecule has 2 N–H and O–H groups in total. The number of aryl methyl sites for hydroxylation is 1. The summed E-state index contributed by atoms with van der Waals surface area (Å²) >= 11 is 0. The maximum Gasteiger partial charge on any atom is 0.335 e. The number of ether oxygens (including phenoxy) is 1. The molecule has 36 heavy (non-hydrogen) atoms. The standard InChI is InChI=1S/C27H24FN3O4.ClH/c1-17-7-9-19(28)16-23(17)35-26-24(25(32)30-13-11-29-12-14-30)21-10-8-18(27(33)34)15-22(21)31(26)20-5-3-2-4-6-20;/h2-10,15-16,29H,11-14H2,1H3,(H,33,34);1H. The first-order valence-corrected chi connectivity index (χ1v) is 11.3. The number of nitrogens with zero attached hydrogens (tertiary/aromatic N) is 2. The molecule has 0 atom stereocenters. The first-order valence-electron chi connectivity index (χ1n) is 11.3. The monoisotopic (exact) mass is 509 g/mol. The van der Waals surface area contributed by atoms with E-state index in [0.717, 1.165) is 0 Å². The van der Waals surface area contributed by atoms with Crippen LogP contribution < -0.4 is 10.1 Å². The van der Waals surface area contributed by atoms with Crippen LogP contribution in [-0.4, -0.2) is 52.6 Å². The van der Waals surface area contributed by atoms with Crippen LogP contribution in [0.1, 0.15) is 26.3 Å². The molecule has 1 fully saturated rings. The molecule has 0 unspecified atom stereocenters. The molecular weight excluding hydrogens is 485 g/mol. The lowest BCUT2D eigenvalue weighted by Gasteiger charge is -2.27. The molecule has 2 heterocycles. The van der Waals surface area contributed by atoms with Gasteiger partial charge in [-0.25, -0.2) is 9.18 Å². The Balaban J connectivity index is 0.00000304. The van der Waals surface area contributed by atoms with Crippen molar-refractivity contribution in [2.45, 2.75) is 6.92 Å². The van der Waals surface area contributed by atoms with Gasteiger partial charge in [-0.15, -0.1) is 12.4 Å². The van der Waals surface area contributed by atoms with Crippen LogP contribution in [0.25, 0.3) is 16.6 Å². The van der Waals surface area contributed by atoms with Crippen molar-refractivity contribution in [1.29, 1.82) is 0 Å². The second kappa shape index (κ2) is 10.4. The van der Waals surface area contributed by atoms with Crippen LogP contribution in [0.3, 0.4) is 0 Å². The fourth-order valence-corrected chi connectivity index (χ4v) is 4.35. The minimum atomic E-state index is -1.08. The second-order valence-corrected chi connectivity index (χ2v) is 8.44. The van der Waals surface area contributed by atoms with Crippen LogP contribution in [0.15, 0.2) is 66.7 Å². The predicted octanol–water partition coefficient (Wildman–Crippen LogP) is 5.04. The molecule has 7 nitrogen and oxygen atoms in total. The summed E-state index contributed by atoms with van der Waals surface area (Å²) in [7, 11) is 0. The predicted molar refractivity (Wildman–Crippen MR) is 137 cm³/mol. The number of fused-ring (bicyclic) bond motifs is 1. The van der Waals surface area contributed by atoms with Gasteiger partial charge >= 0.3 is 5.97 Å². The van der Waals surface area contributed by atoms with Crippen molar-refractivity contribution in [3.63, 3.8) is 0 Å². The van der Waals surface area contributed by atoms with E-state index in [-0.39, 0.29) is 35.5 Å². The Morgan fingerprint density at radius 3 is 2.42 bits per heavy atom. The van der Waals surface area contributed by atoms with E-state index in [2.05, 4.69) is 5.32 Å². The van der Waals surface area contributed by atoms with Crippen molar-refractivity contribution in [2.24, 2.45) is 0 Å². The Bertz CT molecular complexity index is 1430. The molecule has 3 aromatic carbocycles. The number of para-hydroxylation sites is 1. The smallest absolute Gasteiger partial charge is 0.335 e. The average molecular weight is 510 g/mol. The van der Waals surface area contributed by atoms with Crippen molar-refractivity contribution in [1.82, 2.24) is 14.8 Å². The maximum atomic E-state index is 14.1. The second-order valence-electron chi connectivity index (χ2n) is 8.44. The zero-order valence-corrected chi connectivity index (χ0v) is 20.3. The third kappa shape index (κ3) is 4.65. The number of aromatic carboxylic acids is 1. The van der Waals surface area contributed by atoms with Gasteiger partial charge in [-0.3, -0.25) is 9.36 Å². The van der Waals surface area contributed by atoms with E-state index in [1.54, 1.807) is 28.5 Å². The summed E-state index contributed by atoms with van der Waals surface area (Å²) < 4.78 is 22.2. The van der Waals surface area contributed by atoms with Gasteiger partial charge in [0, 0.05) is 43.3 Å². The lowest BCUT2D eigenvalue weighted by molar-refractivity contribution is 0.0695. The minimum absolute atomic E-state index is 0. The van der Waals surface area contributed by atoms with Crippen molar-refractivity contribution in [3.8, 4) is 17.3 Å². The van der Waals surface area contributed by atoms with Crippen LogP contribution in [0.2, 0.25) is 0 Å². The van der Waals surface area contributed by atoms with Crippen LogP contribution in [0, 0.1) is 12.7 Å². The van der Waals surface area contributed by atoms with E-state index < -0.39 is 11.8 Å². The van der Waals surface area contributed by atoms with Gasteiger partial charge in [0.05, 0.1) is 11.1 Å². The zero-order valence-electron chi connectivity index (χ0n) is 19.5. The van der Waals surface area contributed by atoms with Gasteiger partial charge in [-0.2, -0.15) is 0 Å². The first-order chi connectivity index (χ1) is 16.9. The Morgan fingerprint density at radius 2 is 1.72 bits per heavy atom.